The Bertz CT molecular complexity index is 1140. The van der Waals surface area contributed by atoms with Crippen LogP contribution in [-0.2, 0) is 10.0 Å². The zero-order chi connectivity index (χ0) is 20.3. The fourth-order valence-corrected chi connectivity index (χ4v) is 3.39. The minimum atomic E-state index is -3.91. The third kappa shape index (κ3) is 4.62. The lowest BCUT2D eigenvalue weighted by Gasteiger charge is -2.10. The Morgan fingerprint density at radius 2 is 1.64 bits per heavy atom. The van der Waals surface area contributed by atoms with Crippen LogP contribution in [0, 0.1) is 11.6 Å². The Morgan fingerprint density at radius 3 is 2.32 bits per heavy atom. The van der Waals surface area contributed by atoms with Crippen LogP contribution >= 0.6 is 11.6 Å². The molecule has 0 atom stereocenters. The molecule has 3 aromatic rings. The lowest BCUT2D eigenvalue weighted by Crippen LogP contribution is -2.15. The maximum Gasteiger partial charge on any atom is 0.261 e. The van der Waals surface area contributed by atoms with Gasteiger partial charge in [0, 0.05) is 23.0 Å². The molecule has 0 fully saturated rings. The minimum Gasteiger partial charge on any atom is -0.322 e. The summed E-state index contributed by atoms with van der Waals surface area (Å²) in [6, 6.07) is 9.68. The lowest BCUT2D eigenvalue weighted by molar-refractivity contribution is 0.102. The molecule has 28 heavy (non-hydrogen) atoms. The molecule has 6 nitrogen and oxygen atoms in total. The summed E-state index contributed by atoms with van der Waals surface area (Å²) in [6.45, 7) is 0. The molecular weight excluding hydrogens is 412 g/mol. The summed E-state index contributed by atoms with van der Waals surface area (Å²) in [6.07, 6.45) is 2.43. The monoisotopic (exact) mass is 423 g/mol. The Balaban J connectivity index is 1.78. The molecule has 1 aromatic heterocycles. The second kappa shape index (κ2) is 7.91. The average molecular weight is 424 g/mol. The molecule has 2 aromatic carbocycles. The minimum absolute atomic E-state index is 0.0149. The molecule has 0 saturated heterocycles. The van der Waals surface area contributed by atoms with Crippen LogP contribution in [0.5, 0.6) is 0 Å². The Morgan fingerprint density at radius 1 is 0.929 bits per heavy atom. The maximum absolute atomic E-state index is 13.2. The summed E-state index contributed by atoms with van der Waals surface area (Å²) in [5, 5.41) is 2.76. The van der Waals surface area contributed by atoms with Gasteiger partial charge >= 0.3 is 0 Å². The first-order valence-electron chi connectivity index (χ1n) is 7.74. The van der Waals surface area contributed by atoms with Crippen LogP contribution in [0.2, 0.25) is 5.02 Å². The van der Waals surface area contributed by atoms with Crippen LogP contribution in [0.3, 0.4) is 0 Å². The van der Waals surface area contributed by atoms with Gasteiger partial charge in [-0.3, -0.25) is 14.5 Å². The highest BCUT2D eigenvalue weighted by Crippen LogP contribution is 2.19. The van der Waals surface area contributed by atoms with Gasteiger partial charge in [-0.25, -0.2) is 17.2 Å². The highest BCUT2D eigenvalue weighted by Gasteiger charge is 2.16. The molecule has 0 radical (unpaired) electrons. The van der Waals surface area contributed by atoms with Crippen molar-refractivity contribution in [1.82, 2.24) is 4.98 Å². The number of pyridine rings is 1. The van der Waals surface area contributed by atoms with E-state index in [-0.39, 0.29) is 21.8 Å². The number of carbonyl (C=O) groups excluding carboxylic acids is 1. The zero-order valence-corrected chi connectivity index (χ0v) is 15.6. The molecule has 0 spiro atoms. The van der Waals surface area contributed by atoms with Gasteiger partial charge in [-0.15, -0.1) is 0 Å². The van der Waals surface area contributed by atoms with Gasteiger partial charge in [-0.2, -0.15) is 0 Å². The Labute approximate surface area is 164 Å². The molecule has 144 valence electrons. The van der Waals surface area contributed by atoms with Gasteiger partial charge in [-0.1, -0.05) is 11.6 Å². The van der Waals surface area contributed by atoms with E-state index in [1.54, 1.807) is 0 Å². The highest BCUT2D eigenvalue weighted by atomic mass is 35.5. The van der Waals surface area contributed by atoms with Crippen LogP contribution in [0.4, 0.5) is 20.2 Å². The maximum atomic E-state index is 13.2. The van der Waals surface area contributed by atoms with Crippen LogP contribution in [0.25, 0.3) is 0 Å². The van der Waals surface area contributed by atoms with Crippen molar-refractivity contribution >= 4 is 38.9 Å². The van der Waals surface area contributed by atoms with Gasteiger partial charge in [0.05, 0.1) is 22.3 Å². The van der Waals surface area contributed by atoms with Crippen molar-refractivity contribution in [2.24, 2.45) is 0 Å². The molecular formula is C18H12ClF2N3O3S. The van der Waals surface area contributed by atoms with E-state index in [1.165, 1.54) is 48.8 Å². The van der Waals surface area contributed by atoms with E-state index in [1.807, 2.05) is 0 Å². The predicted octanol–water partition coefficient (Wildman–Crippen LogP) is 4.07. The Kier molecular flexibility index (Phi) is 5.57. The zero-order valence-electron chi connectivity index (χ0n) is 14.0. The summed E-state index contributed by atoms with van der Waals surface area (Å²) in [4.78, 5) is 16.1. The van der Waals surface area contributed by atoms with Crippen molar-refractivity contribution in [1.29, 1.82) is 0 Å². The SMILES string of the molecule is O=C(Nc1ccc(F)c(F)c1)c1cncc(NS(=O)(=O)c2ccc(Cl)cc2)c1. The normalized spacial score (nSPS) is 11.1. The molecule has 0 unspecified atom stereocenters. The van der Waals surface area contributed by atoms with Crippen molar-refractivity contribution < 1.29 is 22.0 Å². The number of amides is 1. The van der Waals surface area contributed by atoms with Crippen molar-refractivity contribution in [3.63, 3.8) is 0 Å². The molecule has 0 aliphatic rings. The first-order valence-corrected chi connectivity index (χ1v) is 9.60. The summed E-state index contributed by atoms with van der Waals surface area (Å²) < 4.78 is 53.3. The van der Waals surface area contributed by atoms with Crippen LogP contribution in [-0.4, -0.2) is 19.3 Å². The van der Waals surface area contributed by atoms with E-state index in [2.05, 4.69) is 15.0 Å². The summed E-state index contributed by atoms with van der Waals surface area (Å²) >= 11 is 5.75. The fourth-order valence-electron chi connectivity index (χ4n) is 2.22. The summed E-state index contributed by atoms with van der Waals surface area (Å²) in [7, 11) is -3.91. The molecule has 0 aliphatic carbocycles. The number of hydrogen-bond donors (Lipinski definition) is 2. The molecule has 3 rings (SSSR count). The van der Waals surface area contributed by atoms with Gasteiger partial charge in [0.25, 0.3) is 15.9 Å². The molecule has 2 N–H and O–H groups in total. The molecule has 0 saturated carbocycles. The number of nitrogens with one attached hydrogen (secondary N) is 2. The predicted molar refractivity (Wildman–Crippen MR) is 101 cm³/mol. The standard InChI is InChI=1S/C18H12ClF2N3O3S/c19-12-1-4-15(5-2-12)28(26,27)24-14-7-11(9-22-10-14)18(25)23-13-3-6-16(20)17(21)8-13/h1-10,24H,(H,23,25). The van der Waals surface area contributed by atoms with E-state index in [0.717, 1.165) is 12.1 Å². The van der Waals surface area contributed by atoms with Gasteiger partial charge in [0.2, 0.25) is 0 Å². The number of sulfonamides is 1. The van der Waals surface area contributed by atoms with Gasteiger partial charge < -0.3 is 5.32 Å². The molecule has 10 heteroatoms. The second-order valence-corrected chi connectivity index (χ2v) is 7.72. The van der Waals surface area contributed by atoms with E-state index >= 15 is 0 Å². The quantitative estimate of drug-likeness (QED) is 0.647. The van der Waals surface area contributed by atoms with Crippen LogP contribution in [0.15, 0.2) is 65.8 Å². The van der Waals surface area contributed by atoms with E-state index in [9.17, 15) is 22.0 Å². The van der Waals surface area contributed by atoms with Crippen molar-refractivity contribution in [2.75, 3.05) is 10.0 Å². The average Bonchev–Trinajstić information content (AvgIpc) is 2.65. The highest BCUT2D eigenvalue weighted by molar-refractivity contribution is 7.92. The third-order valence-corrected chi connectivity index (χ3v) is 5.20. The van der Waals surface area contributed by atoms with Gasteiger partial charge in [-0.05, 0) is 42.5 Å². The first kappa shape index (κ1) is 19.7. The van der Waals surface area contributed by atoms with E-state index in [0.29, 0.717) is 5.02 Å². The van der Waals surface area contributed by atoms with Gasteiger partial charge in [0.15, 0.2) is 11.6 Å². The number of carbonyl (C=O) groups is 1. The number of rotatable bonds is 5. The van der Waals surface area contributed by atoms with Gasteiger partial charge in [0.1, 0.15) is 0 Å². The second-order valence-electron chi connectivity index (χ2n) is 5.60. The van der Waals surface area contributed by atoms with Crippen molar-refractivity contribution in [3.8, 4) is 0 Å². The number of hydrogen-bond acceptors (Lipinski definition) is 4. The van der Waals surface area contributed by atoms with E-state index in [4.69, 9.17) is 11.6 Å². The number of anilines is 2. The number of halogens is 3. The molecule has 0 bridgehead atoms. The number of aromatic nitrogens is 1. The Hall–Kier alpha value is -3.04. The number of benzene rings is 2. The molecule has 0 aliphatic heterocycles. The van der Waals surface area contributed by atoms with Crippen LogP contribution < -0.4 is 10.0 Å². The summed E-state index contributed by atoms with van der Waals surface area (Å²) in [5.41, 5.74) is 0.102. The van der Waals surface area contributed by atoms with Crippen LogP contribution in [0.1, 0.15) is 10.4 Å². The fraction of sp³-hybridized carbons (Fsp3) is 0. The van der Waals surface area contributed by atoms with Crippen molar-refractivity contribution in [2.45, 2.75) is 4.90 Å². The first-order chi connectivity index (χ1) is 13.2. The lowest BCUT2D eigenvalue weighted by atomic mass is 10.2. The largest absolute Gasteiger partial charge is 0.322 e. The summed E-state index contributed by atoms with van der Waals surface area (Å²) in [5.74, 6) is -2.83. The van der Waals surface area contributed by atoms with Crippen molar-refractivity contribution in [3.05, 3.63) is 83.1 Å². The topological polar surface area (TPSA) is 88.2 Å². The smallest absolute Gasteiger partial charge is 0.261 e. The van der Waals surface area contributed by atoms with E-state index < -0.39 is 27.6 Å². The third-order valence-electron chi connectivity index (χ3n) is 3.55. The molecule has 1 heterocycles. The number of nitrogens with zero attached hydrogens (tertiary/aromatic N) is 1. The molecule has 1 amide bonds.